The number of phenolic OH excluding ortho intramolecular Hbond substituents is 1. The van der Waals surface area contributed by atoms with Crippen LogP contribution in [0.25, 0.3) is 0 Å². The Labute approximate surface area is 125 Å². The largest absolute Gasteiger partial charge is 0.506 e. The molecule has 1 aromatic carbocycles. The Hall–Kier alpha value is -1.75. The molecular formula is C16H23N3O2. The summed E-state index contributed by atoms with van der Waals surface area (Å²) < 4.78 is 0. The van der Waals surface area contributed by atoms with Crippen LogP contribution in [0.1, 0.15) is 19.8 Å². The molecule has 0 spiro atoms. The molecule has 1 amide bonds. The second-order valence-corrected chi connectivity index (χ2v) is 6.20. The maximum atomic E-state index is 12.5. The van der Waals surface area contributed by atoms with E-state index in [1.807, 2.05) is 23.1 Å². The molecule has 21 heavy (non-hydrogen) atoms. The Morgan fingerprint density at radius 2 is 2.00 bits per heavy atom. The van der Waals surface area contributed by atoms with Gasteiger partial charge in [-0.1, -0.05) is 12.1 Å². The number of hydrogen-bond acceptors (Lipinski definition) is 4. The standard InChI is InChI=1S/C16H23N3O2/c1-16(6-7-16)19(13-4-2-3-5-14(13)20)12-15(21)18-10-8-17-9-11-18/h2-5,17,20H,6-12H2,1H3. The molecule has 1 aromatic rings. The Balaban J connectivity index is 1.77. The van der Waals surface area contributed by atoms with Gasteiger partial charge >= 0.3 is 0 Å². The molecule has 2 fully saturated rings. The van der Waals surface area contributed by atoms with Crippen LogP contribution < -0.4 is 10.2 Å². The quantitative estimate of drug-likeness (QED) is 0.874. The van der Waals surface area contributed by atoms with E-state index in [-0.39, 0.29) is 17.2 Å². The molecule has 0 radical (unpaired) electrons. The zero-order chi connectivity index (χ0) is 14.9. The molecule has 0 bridgehead atoms. The summed E-state index contributed by atoms with van der Waals surface area (Å²) in [5, 5.41) is 13.4. The third-order valence-corrected chi connectivity index (χ3v) is 4.56. The summed E-state index contributed by atoms with van der Waals surface area (Å²) in [6, 6.07) is 7.29. The fourth-order valence-electron chi connectivity index (χ4n) is 2.86. The Bertz CT molecular complexity index is 522. The van der Waals surface area contributed by atoms with Crippen molar-refractivity contribution in [1.29, 1.82) is 0 Å². The molecule has 1 heterocycles. The SMILES string of the molecule is CC1(N(CC(=O)N2CCNCC2)c2ccccc2O)CC1. The maximum absolute atomic E-state index is 12.5. The summed E-state index contributed by atoms with van der Waals surface area (Å²) in [5.41, 5.74) is 0.767. The number of aromatic hydroxyl groups is 1. The van der Waals surface area contributed by atoms with E-state index in [1.165, 1.54) is 0 Å². The number of nitrogens with one attached hydrogen (secondary N) is 1. The Morgan fingerprint density at radius 1 is 1.33 bits per heavy atom. The van der Waals surface area contributed by atoms with Gasteiger partial charge in [0.1, 0.15) is 5.75 Å². The number of para-hydroxylation sites is 2. The number of piperazine rings is 1. The van der Waals surface area contributed by atoms with Gasteiger partial charge in [0, 0.05) is 31.7 Å². The van der Waals surface area contributed by atoms with E-state index in [9.17, 15) is 9.90 Å². The molecule has 5 nitrogen and oxygen atoms in total. The van der Waals surface area contributed by atoms with Crippen molar-refractivity contribution in [1.82, 2.24) is 10.2 Å². The lowest BCUT2D eigenvalue weighted by atomic mass is 10.1. The van der Waals surface area contributed by atoms with Gasteiger partial charge in [0.25, 0.3) is 0 Å². The molecule has 2 N–H and O–H groups in total. The Kier molecular flexibility index (Phi) is 3.76. The van der Waals surface area contributed by atoms with Crippen molar-refractivity contribution in [3.05, 3.63) is 24.3 Å². The summed E-state index contributed by atoms with van der Waals surface area (Å²) in [4.78, 5) is 16.5. The molecule has 0 atom stereocenters. The molecular weight excluding hydrogens is 266 g/mol. The van der Waals surface area contributed by atoms with Gasteiger partial charge in [0.15, 0.2) is 0 Å². The first-order valence-electron chi connectivity index (χ1n) is 7.64. The van der Waals surface area contributed by atoms with E-state index in [0.717, 1.165) is 44.7 Å². The van der Waals surface area contributed by atoms with Crippen molar-refractivity contribution < 1.29 is 9.90 Å². The fourth-order valence-corrected chi connectivity index (χ4v) is 2.86. The number of carbonyl (C=O) groups is 1. The molecule has 3 rings (SSSR count). The molecule has 2 aliphatic rings. The molecule has 5 heteroatoms. The average Bonchev–Trinajstić information content (AvgIpc) is 3.25. The zero-order valence-electron chi connectivity index (χ0n) is 12.5. The van der Waals surface area contributed by atoms with E-state index in [1.54, 1.807) is 6.07 Å². The van der Waals surface area contributed by atoms with Crippen LogP contribution in [0.5, 0.6) is 5.75 Å². The number of nitrogens with zero attached hydrogens (tertiary/aromatic N) is 2. The van der Waals surface area contributed by atoms with Gasteiger partial charge in [-0.15, -0.1) is 0 Å². The van der Waals surface area contributed by atoms with Crippen molar-refractivity contribution in [3.63, 3.8) is 0 Å². The number of benzene rings is 1. The van der Waals surface area contributed by atoms with Crippen LogP contribution >= 0.6 is 0 Å². The highest BCUT2D eigenvalue weighted by molar-refractivity contribution is 5.83. The molecule has 1 saturated carbocycles. The third-order valence-electron chi connectivity index (χ3n) is 4.56. The molecule has 114 valence electrons. The van der Waals surface area contributed by atoms with E-state index >= 15 is 0 Å². The van der Waals surface area contributed by atoms with Crippen LogP contribution in [0, 0.1) is 0 Å². The molecule has 0 unspecified atom stereocenters. The van der Waals surface area contributed by atoms with Crippen molar-refractivity contribution in [2.24, 2.45) is 0 Å². The highest BCUT2D eigenvalue weighted by Gasteiger charge is 2.45. The van der Waals surface area contributed by atoms with Crippen molar-refractivity contribution >= 4 is 11.6 Å². The number of carbonyl (C=O) groups excluding carboxylic acids is 1. The minimum Gasteiger partial charge on any atom is -0.506 e. The van der Waals surface area contributed by atoms with Crippen LogP contribution in [-0.4, -0.2) is 54.2 Å². The summed E-state index contributed by atoms with van der Waals surface area (Å²) in [6.07, 6.45) is 2.13. The summed E-state index contributed by atoms with van der Waals surface area (Å²) >= 11 is 0. The van der Waals surface area contributed by atoms with Crippen molar-refractivity contribution in [3.8, 4) is 5.75 Å². The van der Waals surface area contributed by atoms with Gasteiger partial charge in [-0.3, -0.25) is 4.79 Å². The van der Waals surface area contributed by atoms with Gasteiger partial charge in [0.05, 0.1) is 12.2 Å². The predicted molar refractivity (Wildman–Crippen MR) is 82.5 cm³/mol. The first-order valence-corrected chi connectivity index (χ1v) is 7.64. The van der Waals surface area contributed by atoms with Crippen LogP contribution in [0.3, 0.4) is 0 Å². The van der Waals surface area contributed by atoms with Gasteiger partial charge < -0.3 is 20.2 Å². The number of phenols is 1. The predicted octanol–water partition coefficient (Wildman–Crippen LogP) is 1.18. The summed E-state index contributed by atoms with van der Waals surface area (Å²) in [7, 11) is 0. The fraction of sp³-hybridized carbons (Fsp3) is 0.562. The highest BCUT2D eigenvalue weighted by atomic mass is 16.3. The summed E-state index contributed by atoms with van der Waals surface area (Å²) in [5.74, 6) is 0.395. The second kappa shape index (κ2) is 5.56. The Morgan fingerprint density at radius 3 is 2.62 bits per heavy atom. The second-order valence-electron chi connectivity index (χ2n) is 6.20. The number of rotatable bonds is 4. The van der Waals surface area contributed by atoms with E-state index in [0.29, 0.717) is 6.54 Å². The first kappa shape index (κ1) is 14.2. The monoisotopic (exact) mass is 289 g/mol. The van der Waals surface area contributed by atoms with Crippen LogP contribution in [0.15, 0.2) is 24.3 Å². The highest BCUT2D eigenvalue weighted by Crippen LogP contribution is 2.45. The molecule has 1 aliphatic heterocycles. The lowest BCUT2D eigenvalue weighted by molar-refractivity contribution is -0.130. The topological polar surface area (TPSA) is 55.8 Å². The van der Waals surface area contributed by atoms with Crippen LogP contribution in [0.2, 0.25) is 0 Å². The number of hydrogen-bond donors (Lipinski definition) is 2. The molecule has 1 aliphatic carbocycles. The maximum Gasteiger partial charge on any atom is 0.242 e. The smallest absolute Gasteiger partial charge is 0.242 e. The van der Waals surface area contributed by atoms with E-state index in [2.05, 4.69) is 17.1 Å². The number of anilines is 1. The van der Waals surface area contributed by atoms with Gasteiger partial charge in [-0.2, -0.15) is 0 Å². The lowest BCUT2D eigenvalue weighted by Gasteiger charge is -2.35. The zero-order valence-corrected chi connectivity index (χ0v) is 12.5. The van der Waals surface area contributed by atoms with E-state index < -0.39 is 0 Å². The van der Waals surface area contributed by atoms with Crippen molar-refractivity contribution in [2.75, 3.05) is 37.6 Å². The van der Waals surface area contributed by atoms with E-state index in [4.69, 9.17) is 0 Å². The third kappa shape index (κ3) is 2.97. The lowest BCUT2D eigenvalue weighted by Crippen LogP contribution is -2.51. The first-order chi connectivity index (χ1) is 10.1. The molecule has 0 aromatic heterocycles. The van der Waals surface area contributed by atoms with Crippen molar-refractivity contribution in [2.45, 2.75) is 25.3 Å². The minimum atomic E-state index is 0.00251. The van der Waals surface area contributed by atoms with Gasteiger partial charge in [-0.25, -0.2) is 0 Å². The minimum absolute atomic E-state index is 0.00251. The summed E-state index contributed by atoms with van der Waals surface area (Å²) in [6.45, 7) is 5.76. The van der Waals surface area contributed by atoms with Gasteiger partial charge in [0.2, 0.25) is 5.91 Å². The van der Waals surface area contributed by atoms with Crippen LogP contribution in [-0.2, 0) is 4.79 Å². The van der Waals surface area contributed by atoms with Crippen LogP contribution in [0.4, 0.5) is 5.69 Å². The number of amides is 1. The average molecular weight is 289 g/mol. The normalized spacial score (nSPS) is 20.1. The molecule has 1 saturated heterocycles. The van der Waals surface area contributed by atoms with Gasteiger partial charge in [-0.05, 0) is 31.9 Å².